The Labute approximate surface area is 100 Å². The van der Waals surface area contributed by atoms with E-state index in [1.165, 1.54) is 11.1 Å². The topological polar surface area (TPSA) is 20.2 Å². The van der Waals surface area contributed by atoms with E-state index in [9.17, 15) is 5.11 Å². The molecule has 1 N–H and O–H groups in total. The normalized spacial score (nSPS) is 10.3. The molecule has 2 rings (SSSR count). The Bertz CT molecular complexity index is 434. The van der Waals surface area contributed by atoms with Gasteiger partial charge in [-0.2, -0.15) is 0 Å². The molecule has 82 valence electrons. The highest BCUT2D eigenvalue weighted by Crippen LogP contribution is 2.25. The number of phenolic OH excluding ortho intramolecular Hbond substituents is 1. The van der Waals surface area contributed by atoms with E-state index in [-0.39, 0.29) is 0 Å². The minimum Gasteiger partial charge on any atom is -0.508 e. The molecule has 0 aliphatic heterocycles. The highest BCUT2D eigenvalue weighted by molar-refractivity contribution is 7.98. The molecule has 0 aliphatic rings. The Morgan fingerprint density at radius 1 is 1.06 bits per heavy atom. The summed E-state index contributed by atoms with van der Waals surface area (Å²) in [5, 5.41) is 9.34. The van der Waals surface area contributed by atoms with Crippen LogP contribution in [0.25, 0.3) is 0 Å². The van der Waals surface area contributed by atoms with E-state index in [0.717, 1.165) is 10.6 Å². The van der Waals surface area contributed by atoms with Crippen LogP contribution in [0, 0.1) is 6.92 Å². The number of benzene rings is 2. The van der Waals surface area contributed by atoms with Crippen LogP contribution in [0.15, 0.2) is 53.4 Å². The number of aromatic hydroxyl groups is 1. The molecule has 2 heteroatoms. The number of rotatable bonds is 3. The molecule has 16 heavy (non-hydrogen) atoms. The van der Waals surface area contributed by atoms with Gasteiger partial charge in [0.05, 0.1) is 0 Å². The van der Waals surface area contributed by atoms with Gasteiger partial charge in [0, 0.05) is 10.6 Å². The summed E-state index contributed by atoms with van der Waals surface area (Å²) in [7, 11) is 0. The lowest BCUT2D eigenvalue weighted by Gasteiger charge is -2.03. The van der Waals surface area contributed by atoms with Crippen molar-refractivity contribution in [3.63, 3.8) is 0 Å². The van der Waals surface area contributed by atoms with Gasteiger partial charge in [-0.25, -0.2) is 0 Å². The van der Waals surface area contributed by atoms with Gasteiger partial charge in [-0.1, -0.05) is 35.9 Å². The molecule has 0 unspecified atom stereocenters. The van der Waals surface area contributed by atoms with Crippen LogP contribution in [-0.2, 0) is 5.75 Å². The van der Waals surface area contributed by atoms with Crippen molar-refractivity contribution in [1.29, 1.82) is 0 Å². The van der Waals surface area contributed by atoms with E-state index in [4.69, 9.17) is 0 Å². The minimum atomic E-state index is 0.328. The molecule has 2 aromatic carbocycles. The van der Waals surface area contributed by atoms with Gasteiger partial charge in [-0.05, 0) is 30.7 Å². The zero-order valence-electron chi connectivity index (χ0n) is 9.18. The molecule has 0 bridgehead atoms. The fraction of sp³-hybridized carbons (Fsp3) is 0.143. The maximum atomic E-state index is 9.34. The molecular formula is C14H14OS. The molecule has 0 spiro atoms. The molecule has 0 radical (unpaired) electrons. The second-order valence-corrected chi connectivity index (χ2v) is 4.82. The number of hydrogen-bond acceptors (Lipinski definition) is 2. The molecule has 0 heterocycles. The summed E-state index contributed by atoms with van der Waals surface area (Å²) in [5.74, 6) is 1.26. The van der Waals surface area contributed by atoms with E-state index >= 15 is 0 Å². The lowest BCUT2D eigenvalue weighted by Crippen LogP contribution is -1.81. The maximum absolute atomic E-state index is 9.34. The quantitative estimate of drug-likeness (QED) is 0.804. The Morgan fingerprint density at radius 3 is 2.62 bits per heavy atom. The van der Waals surface area contributed by atoms with Crippen molar-refractivity contribution in [2.75, 3.05) is 0 Å². The van der Waals surface area contributed by atoms with Crippen LogP contribution in [0.3, 0.4) is 0 Å². The van der Waals surface area contributed by atoms with Gasteiger partial charge in [-0.3, -0.25) is 0 Å². The van der Waals surface area contributed by atoms with Crippen molar-refractivity contribution < 1.29 is 5.11 Å². The van der Waals surface area contributed by atoms with Crippen LogP contribution in [0.4, 0.5) is 0 Å². The molecule has 1 nitrogen and oxygen atoms in total. The Kier molecular flexibility index (Phi) is 3.52. The van der Waals surface area contributed by atoms with E-state index in [1.807, 2.05) is 12.1 Å². The van der Waals surface area contributed by atoms with Crippen molar-refractivity contribution in [2.24, 2.45) is 0 Å². The van der Waals surface area contributed by atoms with Crippen molar-refractivity contribution in [3.8, 4) is 5.75 Å². The van der Waals surface area contributed by atoms with Crippen LogP contribution in [0.1, 0.15) is 11.1 Å². The molecule has 0 saturated heterocycles. The Balaban J connectivity index is 2.02. The molecule has 0 saturated carbocycles. The van der Waals surface area contributed by atoms with Crippen molar-refractivity contribution >= 4 is 11.8 Å². The van der Waals surface area contributed by atoms with Crippen molar-refractivity contribution in [1.82, 2.24) is 0 Å². The molecule has 0 atom stereocenters. The van der Waals surface area contributed by atoms with Gasteiger partial charge in [0.2, 0.25) is 0 Å². The Hall–Kier alpha value is -1.41. The van der Waals surface area contributed by atoms with E-state index in [0.29, 0.717) is 5.75 Å². The van der Waals surface area contributed by atoms with Crippen molar-refractivity contribution in [2.45, 2.75) is 17.6 Å². The standard InChI is InChI=1S/C14H14OS/c1-11-4-2-5-12(8-11)10-16-14-7-3-6-13(15)9-14/h2-9,15H,10H2,1H3. The molecule has 0 aliphatic carbocycles. The maximum Gasteiger partial charge on any atom is 0.116 e. The summed E-state index contributed by atoms with van der Waals surface area (Å²) in [6.07, 6.45) is 0. The Morgan fingerprint density at radius 2 is 1.88 bits per heavy atom. The highest BCUT2D eigenvalue weighted by Gasteiger charge is 1.97. The van der Waals surface area contributed by atoms with Gasteiger partial charge in [0.1, 0.15) is 5.75 Å². The van der Waals surface area contributed by atoms with Gasteiger partial charge < -0.3 is 5.11 Å². The predicted octanol–water partition coefficient (Wildman–Crippen LogP) is 3.99. The molecule has 0 amide bonds. The summed E-state index contributed by atoms with van der Waals surface area (Å²) in [6, 6.07) is 15.9. The monoisotopic (exact) mass is 230 g/mol. The first-order valence-electron chi connectivity index (χ1n) is 5.21. The molecule has 0 fully saturated rings. The van der Waals surface area contributed by atoms with Gasteiger partial charge >= 0.3 is 0 Å². The van der Waals surface area contributed by atoms with Crippen LogP contribution >= 0.6 is 11.8 Å². The first-order chi connectivity index (χ1) is 7.74. The second-order valence-electron chi connectivity index (χ2n) is 3.78. The SMILES string of the molecule is Cc1cccc(CSc2cccc(O)c2)c1. The van der Waals surface area contributed by atoms with Gasteiger partial charge in [-0.15, -0.1) is 11.8 Å². The third kappa shape index (κ3) is 3.04. The largest absolute Gasteiger partial charge is 0.508 e. The zero-order chi connectivity index (χ0) is 11.4. The van der Waals surface area contributed by atoms with Crippen LogP contribution in [0.2, 0.25) is 0 Å². The van der Waals surface area contributed by atoms with E-state index in [2.05, 4.69) is 31.2 Å². The van der Waals surface area contributed by atoms with Crippen LogP contribution in [-0.4, -0.2) is 5.11 Å². The summed E-state index contributed by atoms with van der Waals surface area (Å²) in [5.41, 5.74) is 2.60. The summed E-state index contributed by atoms with van der Waals surface area (Å²) < 4.78 is 0. The molecule has 2 aromatic rings. The number of phenols is 1. The average Bonchev–Trinajstić information content (AvgIpc) is 2.27. The number of thioether (sulfide) groups is 1. The summed E-state index contributed by atoms with van der Waals surface area (Å²) in [6.45, 7) is 2.10. The van der Waals surface area contributed by atoms with Gasteiger partial charge in [0.15, 0.2) is 0 Å². The third-order valence-electron chi connectivity index (χ3n) is 2.31. The van der Waals surface area contributed by atoms with Crippen LogP contribution < -0.4 is 0 Å². The second kappa shape index (κ2) is 5.08. The van der Waals surface area contributed by atoms with Crippen molar-refractivity contribution in [3.05, 3.63) is 59.7 Å². The number of hydrogen-bond donors (Lipinski definition) is 1. The number of aryl methyl sites for hydroxylation is 1. The van der Waals surface area contributed by atoms with E-state index in [1.54, 1.807) is 23.9 Å². The smallest absolute Gasteiger partial charge is 0.116 e. The molecular weight excluding hydrogens is 216 g/mol. The average molecular weight is 230 g/mol. The van der Waals surface area contributed by atoms with Crippen LogP contribution in [0.5, 0.6) is 5.75 Å². The predicted molar refractivity (Wildman–Crippen MR) is 68.8 cm³/mol. The zero-order valence-corrected chi connectivity index (χ0v) is 10.00. The van der Waals surface area contributed by atoms with Gasteiger partial charge in [0.25, 0.3) is 0 Å². The third-order valence-corrected chi connectivity index (χ3v) is 3.37. The fourth-order valence-corrected chi connectivity index (χ4v) is 2.43. The van der Waals surface area contributed by atoms with E-state index < -0.39 is 0 Å². The summed E-state index contributed by atoms with van der Waals surface area (Å²) >= 11 is 1.74. The fourth-order valence-electron chi connectivity index (χ4n) is 1.54. The summed E-state index contributed by atoms with van der Waals surface area (Å²) in [4.78, 5) is 1.10. The molecule has 0 aromatic heterocycles. The minimum absolute atomic E-state index is 0.328. The lowest BCUT2D eigenvalue weighted by atomic mass is 10.2. The lowest BCUT2D eigenvalue weighted by molar-refractivity contribution is 0.474. The highest BCUT2D eigenvalue weighted by atomic mass is 32.2. The first kappa shape index (κ1) is 11.1. The first-order valence-corrected chi connectivity index (χ1v) is 6.20.